The lowest BCUT2D eigenvalue weighted by Gasteiger charge is -2.10. The summed E-state index contributed by atoms with van der Waals surface area (Å²) in [5.41, 5.74) is 2.15. The normalized spacial score (nSPS) is 11.6. The van der Waals surface area contributed by atoms with Gasteiger partial charge < -0.3 is 10.6 Å². The van der Waals surface area contributed by atoms with Crippen molar-refractivity contribution in [2.75, 3.05) is 13.6 Å². The summed E-state index contributed by atoms with van der Waals surface area (Å²) < 4.78 is 0. The molecule has 2 aromatic rings. The highest BCUT2D eigenvalue weighted by Gasteiger charge is 2.01. The Morgan fingerprint density at radius 1 is 1.47 bits per heavy atom. The second kappa shape index (κ2) is 6.89. The van der Waals surface area contributed by atoms with Crippen molar-refractivity contribution >= 4 is 17.3 Å². The van der Waals surface area contributed by atoms with Crippen molar-refractivity contribution < 1.29 is 0 Å². The summed E-state index contributed by atoms with van der Waals surface area (Å²) in [6.45, 7) is 3.51. The van der Waals surface area contributed by atoms with E-state index in [2.05, 4.69) is 36.2 Å². The highest BCUT2D eigenvalue weighted by molar-refractivity contribution is 7.09. The standard InChI is InChI=1S/C12H18N6S/c1-9-17-11(8-19-9)3-5-14-12(13-2)15-7-10-4-6-16-18-10/h4,6,8H,3,5,7H2,1-2H3,(H,16,18)(H2,13,14,15). The van der Waals surface area contributed by atoms with Crippen LogP contribution in [0.1, 0.15) is 16.4 Å². The van der Waals surface area contributed by atoms with Crippen LogP contribution in [0.5, 0.6) is 0 Å². The molecular formula is C12H18N6S. The van der Waals surface area contributed by atoms with E-state index in [0.717, 1.165) is 35.3 Å². The van der Waals surface area contributed by atoms with Crippen LogP contribution in [0.15, 0.2) is 22.6 Å². The van der Waals surface area contributed by atoms with Gasteiger partial charge in [-0.1, -0.05) is 0 Å². The minimum absolute atomic E-state index is 0.676. The molecule has 3 N–H and O–H groups in total. The van der Waals surface area contributed by atoms with E-state index >= 15 is 0 Å². The van der Waals surface area contributed by atoms with Crippen molar-refractivity contribution in [1.29, 1.82) is 0 Å². The van der Waals surface area contributed by atoms with Crippen LogP contribution in [0.4, 0.5) is 0 Å². The quantitative estimate of drug-likeness (QED) is 0.565. The molecule has 0 atom stereocenters. The fourth-order valence-electron chi connectivity index (χ4n) is 1.61. The van der Waals surface area contributed by atoms with Crippen LogP contribution in [-0.2, 0) is 13.0 Å². The largest absolute Gasteiger partial charge is 0.356 e. The first-order valence-electron chi connectivity index (χ1n) is 6.11. The zero-order valence-corrected chi connectivity index (χ0v) is 11.9. The summed E-state index contributed by atoms with van der Waals surface area (Å²) in [6, 6.07) is 1.93. The first kappa shape index (κ1) is 13.5. The Morgan fingerprint density at radius 3 is 3.00 bits per heavy atom. The number of hydrogen-bond acceptors (Lipinski definition) is 4. The van der Waals surface area contributed by atoms with Gasteiger partial charge in [-0.15, -0.1) is 11.3 Å². The molecule has 0 fully saturated rings. The monoisotopic (exact) mass is 278 g/mol. The Bertz CT molecular complexity index is 516. The van der Waals surface area contributed by atoms with Crippen LogP contribution in [0, 0.1) is 6.92 Å². The molecule has 0 amide bonds. The molecule has 2 rings (SSSR count). The van der Waals surface area contributed by atoms with E-state index in [1.807, 2.05) is 13.0 Å². The first-order valence-corrected chi connectivity index (χ1v) is 6.99. The molecule has 0 spiro atoms. The second-order valence-electron chi connectivity index (χ2n) is 4.04. The van der Waals surface area contributed by atoms with Gasteiger partial charge in [0.25, 0.3) is 0 Å². The molecule has 0 unspecified atom stereocenters. The topological polar surface area (TPSA) is 78.0 Å². The summed E-state index contributed by atoms with van der Waals surface area (Å²) in [5, 5.41) is 16.5. The maximum Gasteiger partial charge on any atom is 0.191 e. The minimum Gasteiger partial charge on any atom is -0.356 e. The van der Waals surface area contributed by atoms with Crippen LogP contribution in [-0.4, -0.2) is 34.7 Å². The van der Waals surface area contributed by atoms with Gasteiger partial charge in [-0.05, 0) is 13.0 Å². The predicted octanol–water partition coefficient (Wildman–Crippen LogP) is 1.08. The van der Waals surface area contributed by atoms with Crippen molar-refractivity contribution in [3.05, 3.63) is 34.0 Å². The lowest BCUT2D eigenvalue weighted by Crippen LogP contribution is -2.37. The van der Waals surface area contributed by atoms with Gasteiger partial charge in [0.15, 0.2) is 5.96 Å². The SMILES string of the molecule is CN=C(NCCc1csc(C)n1)NCc1ccn[nH]1. The lowest BCUT2D eigenvalue weighted by molar-refractivity contribution is 0.773. The van der Waals surface area contributed by atoms with Gasteiger partial charge in [-0.2, -0.15) is 5.10 Å². The fraction of sp³-hybridized carbons (Fsp3) is 0.417. The molecule has 6 nitrogen and oxygen atoms in total. The fourth-order valence-corrected chi connectivity index (χ4v) is 2.26. The number of hydrogen-bond donors (Lipinski definition) is 3. The Kier molecular flexibility index (Phi) is 4.91. The molecule has 102 valence electrons. The predicted molar refractivity (Wildman–Crippen MR) is 77.3 cm³/mol. The first-order chi connectivity index (χ1) is 9.28. The highest BCUT2D eigenvalue weighted by atomic mass is 32.1. The number of aryl methyl sites for hydroxylation is 1. The average molecular weight is 278 g/mol. The molecule has 0 aliphatic carbocycles. The van der Waals surface area contributed by atoms with Crippen molar-refractivity contribution in [2.45, 2.75) is 19.9 Å². The molecule has 0 bridgehead atoms. The Balaban J connectivity index is 1.71. The maximum atomic E-state index is 4.42. The van der Waals surface area contributed by atoms with E-state index in [1.54, 1.807) is 24.6 Å². The van der Waals surface area contributed by atoms with Crippen LogP contribution < -0.4 is 10.6 Å². The average Bonchev–Trinajstić information content (AvgIpc) is 3.05. The summed E-state index contributed by atoms with van der Waals surface area (Å²) in [7, 11) is 1.76. The number of thiazole rings is 1. The lowest BCUT2D eigenvalue weighted by atomic mass is 10.3. The number of guanidine groups is 1. The third kappa shape index (κ3) is 4.36. The number of rotatable bonds is 5. The molecule has 0 aliphatic heterocycles. The van der Waals surface area contributed by atoms with E-state index in [4.69, 9.17) is 0 Å². The number of aromatic amines is 1. The zero-order chi connectivity index (χ0) is 13.5. The van der Waals surface area contributed by atoms with E-state index in [9.17, 15) is 0 Å². The third-order valence-corrected chi connectivity index (χ3v) is 3.39. The Labute approximate surface area is 116 Å². The van der Waals surface area contributed by atoms with Crippen LogP contribution in [0.25, 0.3) is 0 Å². The van der Waals surface area contributed by atoms with Gasteiger partial charge in [-0.25, -0.2) is 4.98 Å². The maximum absolute atomic E-state index is 4.42. The number of nitrogens with one attached hydrogen (secondary N) is 3. The molecule has 0 radical (unpaired) electrons. The van der Waals surface area contributed by atoms with Gasteiger partial charge in [0.2, 0.25) is 0 Å². The molecule has 2 heterocycles. The summed E-state index contributed by atoms with van der Waals surface area (Å²) in [6.07, 6.45) is 2.63. The van der Waals surface area contributed by atoms with Crippen LogP contribution >= 0.6 is 11.3 Å². The van der Waals surface area contributed by atoms with E-state index in [-0.39, 0.29) is 0 Å². The molecular weight excluding hydrogens is 260 g/mol. The molecule has 0 saturated heterocycles. The van der Waals surface area contributed by atoms with E-state index in [0.29, 0.717) is 6.54 Å². The Morgan fingerprint density at radius 2 is 2.37 bits per heavy atom. The Hall–Kier alpha value is -1.89. The summed E-state index contributed by atoms with van der Waals surface area (Å²) >= 11 is 1.68. The minimum atomic E-state index is 0.676. The van der Waals surface area contributed by atoms with Crippen molar-refractivity contribution in [2.24, 2.45) is 4.99 Å². The third-order valence-electron chi connectivity index (χ3n) is 2.57. The van der Waals surface area contributed by atoms with Crippen molar-refractivity contribution in [3.63, 3.8) is 0 Å². The van der Waals surface area contributed by atoms with E-state index < -0.39 is 0 Å². The van der Waals surface area contributed by atoms with Gasteiger partial charge in [-0.3, -0.25) is 10.1 Å². The van der Waals surface area contributed by atoms with Crippen LogP contribution in [0.2, 0.25) is 0 Å². The van der Waals surface area contributed by atoms with Crippen LogP contribution in [0.3, 0.4) is 0 Å². The molecule has 0 saturated carbocycles. The summed E-state index contributed by atoms with van der Waals surface area (Å²) in [4.78, 5) is 8.59. The smallest absolute Gasteiger partial charge is 0.191 e. The van der Waals surface area contributed by atoms with E-state index in [1.165, 1.54) is 0 Å². The molecule has 19 heavy (non-hydrogen) atoms. The number of H-pyrrole nitrogens is 1. The molecule has 0 aromatic carbocycles. The highest BCUT2D eigenvalue weighted by Crippen LogP contribution is 2.07. The molecule has 2 aromatic heterocycles. The number of nitrogens with zero attached hydrogens (tertiary/aromatic N) is 3. The second-order valence-corrected chi connectivity index (χ2v) is 5.10. The van der Waals surface area contributed by atoms with Gasteiger partial charge in [0, 0.05) is 31.6 Å². The number of aromatic nitrogens is 3. The number of aliphatic imine (C=N–C) groups is 1. The van der Waals surface area contributed by atoms with Crippen molar-refractivity contribution in [3.8, 4) is 0 Å². The van der Waals surface area contributed by atoms with Gasteiger partial charge >= 0.3 is 0 Å². The van der Waals surface area contributed by atoms with Gasteiger partial charge in [0.1, 0.15) is 0 Å². The molecule has 0 aliphatic rings. The van der Waals surface area contributed by atoms with Gasteiger partial charge in [0.05, 0.1) is 22.9 Å². The summed E-state index contributed by atoms with van der Waals surface area (Å²) in [5.74, 6) is 0.779. The molecule has 7 heteroatoms. The van der Waals surface area contributed by atoms with Crippen molar-refractivity contribution in [1.82, 2.24) is 25.8 Å². The zero-order valence-electron chi connectivity index (χ0n) is 11.1.